The molecule has 1 aromatic heterocycles. The number of fused-ring (bicyclic) bond motifs is 1. The van der Waals surface area contributed by atoms with Crippen LogP contribution in [0.1, 0.15) is 11.1 Å². The van der Waals surface area contributed by atoms with E-state index in [4.69, 9.17) is 5.26 Å². The molecule has 0 amide bonds. The van der Waals surface area contributed by atoms with Gasteiger partial charge in [-0.2, -0.15) is 5.26 Å². The fourth-order valence-electron chi connectivity index (χ4n) is 1.34. The lowest BCUT2D eigenvalue weighted by Gasteiger charge is -2.01. The van der Waals surface area contributed by atoms with Crippen molar-refractivity contribution in [3.63, 3.8) is 0 Å². The van der Waals surface area contributed by atoms with E-state index in [0.717, 1.165) is 10.0 Å². The first-order valence-electron chi connectivity index (χ1n) is 3.80. The van der Waals surface area contributed by atoms with Crippen molar-refractivity contribution in [1.82, 2.24) is 0 Å². The third-order valence-electron chi connectivity index (χ3n) is 2.06. The predicted molar refractivity (Wildman–Crippen MR) is 59.0 cm³/mol. The highest BCUT2D eigenvalue weighted by Crippen LogP contribution is 2.32. The van der Waals surface area contributed by atoms with E-state index < -0.39 is 0 Å². The molecule has 2 rings (SSSR count). The molecule has 0 aliphatic rings. The SMILES string of the molecule is Cc1c(Br)c(C#N)cc2sccc12. The van der Waals surface area contributed by atoms with E-state index >= 15 is 0 Å². The maximum atomic E-state index is 8.86. The minimum absolute atomic E-state index is 0.715. The second kappa shape index (κ2) is 3.13. The van der Waals surface area contributed by atoms with E-state index in [1.807, 2.05) is 18.4 Å². The average Bonchev–Trinajstić information content (AvgIpc) is 2.59. The van der Waals surface area contributed by atoms with Crippen LogP contribution in [0.5, 0.6) is 0 Å². The summed E-state index contributed by atoms with van der Waals surface area (Å²) < 4.78 is 2.10. The zero-order chi connectivity index (χ0) is 9.42. The van der Waals surface area contributed by atoms with Crippen molar-refractivity contribution in [1.29, 1.82) is 5.26 Å². The zero-order valence-electron chi connectivity index (χ0n) is 6.97. The molecule has 1 nitrogen and oxygen atoms in total. The van der Waals surface area contributed by atoms with E-state index in [1.165, 1.54) is 10.1 Å². The van der Waals surface area contributed by atoms with Crippen molar-refractivity contribution >= 4 is 37.4 Å². The van der Waals surface area contributed by atoms with Gasteiger partial charge in [-0.3, -0.25) is 0 Å². The molecule has 1 aromatic carbocycles. The lowest BCUT2D eigenvalue weighted by molar-refractivity contribution is 1.43. The average molecular weight is 252 g/mol. The Morgan fingerprint density at radius 3 is 3.00 bits per heavy atom. The molecule has 2 aromatic rings. The number of hydrogen-bond donors (Lipinski definition) is 0. The van der Waals surface area contributed by atoms with E-state index in [0.29, 0.717) is 5.56 Å². The van der Waals surface area contributed by atoms with Crippen molar-refractivity contribution in [2.24, 2.45) is 0 Å². The summed E-state index contributed by atoms with van der Waals surface area (Å²) in [6, 6.07) is 6.19. The number of benzene rings is 1. The summed E-state index contributed by atoms with van der Waals surface area (Å²) in [7, 11) is 0. The number of halogens is 1. The first kappa shape index (κ1) is 8.74. The first-order valence-corrected chi connectivity index (χ1v) is 5.47. The standard InChI is InChI=1S/C10H6BrNS/c1-6-8-2-3-13-9(8)4-7(5-12)10(6)11/h2-4H,1H3. The van der Waals surface area contributed by atoms with Crippen LogP contribution in [0.25, 0.3) is 10.1 Å². The van der Waals surface area contributed by atoms with Crippen LogP contribution >= 0.6 is 27.3 Å². The summed E-state index contributed by atoms with van der Waals surface area (Å²) in [4.78, 5) is 0. The van der Waals surface area contributed by atoms with E-state index in [-0.39, 0.29) is 0 Å². The Morgan fingerprint density at radius 1 is 1.54 bits per heavy atom. The van der Waals surface area contributed by atoms with Gasteiger partial charge in [0.2, 0.25) is 0 Å². The second-order valence-corrected chi connectivity index (χ2v) is 4.55. The van der Waals surface area contributed by atoms with Gasteiger partial charge in [0.15, 0.2) is 0 Å². The van der Waals surface area contributed by atoms with Crippen LogP contribution < -0.4 is 0 Å². The Balaban J connectivity index is 2.94. The van der Waals surface area contributed by atoms with E-state index in [9.17, 15) is 0 Å². The quantitative estimate of drug-likeness (QED) is 0.698. The predicted octanol–water partition coefficient (Wildman–Crippen LogP) is 3.84. The fourth-order valence-corrected chi connectivity index (χ4v) is 2.64. The second-order valence-electron chi connectivity index (χ2n) is 2.81. The molecule has 0 aliphatic heterocycles. The van der Waals surface area contributed by atoms with E-state index in [2.05, 4.69) is 28.1 Å². The van der Waals surface area contributed by atoms with Gasteiger partial charge in [0, 0.05) is 9.17 Å². The minimum atomic E-state index is 0.715. The number of nitriles is 1. The Labute approximate surface area is 88.7 Å². The molecule has 0 radical (unpaired) electrons. The Kier molecular flexibility index (Phi) is 2.10. The number of rotatable bonds is 0. The van der Waals surface area contributed by atoms with Gasteiger partial charge in [0.1, 0.15) is 6.07 Å². The molecule has 0 N–H and O–H groups in total. The normalized spacial score (nSPS) is 10.2. The van der Waals surface area contributed by atoms with Gasteiger partial charge >= 0.3 is 0 Å². The third-order valence-corrected chi connectivity index (χ3v) is 3.95. The van der Waals surface area contributed by atoms with Crippen LogP contribution in [-0.4, -0.2) is 0 Å². The van der Waals surface area contributed by atoms with Crippen LogP contribution in [0, 0.1) is 18.3 Å². The van der Waals surface area contributed by atoms with Crippen LogP contribution in [0.4, 0.5) is 0 Å². The van der Waals surface area contributed by atoms with Gasteiger partial charge in [0.05, 0.1) is 5.56 Å². The van der Waals surface area contributed by atoms with Gasteiger partial charge < -0.3 is 0 Å². The summed E-state index contributed by atoms with van der Waals surface area (Å²) in [5.41, 5.74) is 1.86. The van der Waals surface area contributed by atoms with Crippen molar-refractivity contribution in [2.45, 2.75) is 6.92 Å². The fraction of sp³-hybridized carbons (Fsp3) is 0.100. The molecular weight excluding hydrogens is 246 g/mol. The largest absolute Gasteiger partial charge is 0.192 e. The van der Waals surface area contributed by atoms with E-state index in [1.54, 1.807) is 11.3 Å². The number of hydrogen-bond acceptors (Lipinski definition) is 2. The molecule has 0 fully saturated rings. The molecule has 0 bridgehead atoms. The summed E-state index contributed by atoms with van der Waals surface area (Å²) in [5.74, 6) is 0. The molecule has 0 saturated heterocycles. The number of thiophene rings is 1. The monoisotopic (exact) mass is 251 g/mol. The lowest BCUT2D eigenvalue weighted by atomic mass is 10.1. The van der Waals surface area contributed by atoms with Crippen LogP contribution in [0.15, 0.2) is 22.0 Å². The Hall–Kier alpha value is -0.850. The van der Waals surface area contributed by atoms with Crippen molar-refractivity contribution in [2.75, 3.05) is 0 Å². The molecule has 0 spiro atoms. The lowest BCUT2D eigenvalue weighted by Crippen LogP contribution is -1.82. The Morgan fingerprint density at radius 2 is 2.31 bits per heavy atom. The van der Waals surface area contributed by atoms with Gasteiger partial charge in [-0.15, -0.1) is 11.3 Å². The maximum absolute atomic E-state index is 8.86. The molecule has 1 heterocycles. The molecule has 0 saturated carbocycles. The van der Waals surface area contributed by atoms with Gasteiger partial charge in [-0.05, 0) is 51.3 Å². The molecule has 0 aliphatic carbocycles. The third kappa shape index (κ3) is 1.27. The molecule has 0 unspecified atom stereocenters. The highest BCUT2D eigenvalue weighted by atomic mass is 79.9. The van der Waals surface area contributed by atoms with Gasteiger partial charge in [-0.1, -0.05) is 0 Å². The number of aryl methyl sites for hydroxylation is 1. The molecule has 64 valence electrons. The smallest absolute Gasteiger partial charge is 0.100 e. The highest BCUT2D eigenvalue weighted by molar-refractivity contribution is 9.10. The summed E-state index contributed by atoms with van der Waals surface area (Å²) in [6.45, 7) is 2.03. The van der Waals surface area contributed by atoms with Crippen molar-refractivity contribution in [3.05, 3.63) is 33.1 Å². The molecular formula is C10H6BrNS. The van der Waals surface area contributed by atoms with Crippen LogP contribution in [-0.2, 0) is 0 Å². The van der Waals surface area contributed by atoms with Crippen molar-refractivity contribution < 1.29 is 0 Å². The zero-order valence-corrected chi connectivity index (χ0v) is 9.37. The number of nitrogens with zero attached hydrogens (tertiary/aromatic N) is 1. The van der Waals surface area contributed by atoms with Crippen LogP contribution in [0.3, 0.4) is 0 Å². The molecule has 0 atom stereocenters. The summed E-state index contributed by atoms with van der Waals surface area (Å²) in [6.07, 6.45) is 0. The van der Waals surface area contributed by atoms with Crippen LogP contribution in [0.2, 0.25) is 0 Å². The topological polar surface area (TPSA) is 23.8 Å². The van der Waals surface area contributed by atoms with Crippen molar-refractivity contribution in [3.8, 4) is 6.07 Å². The Bertz CT molecular complexity index is 507. The summed E-state index contributed by atoms with van der Waals surface area (Å²) >= 11 is 5.10. The molecule has 3 heteroatoms. The first-order chi connectivity index (χ1) is 6.24. The minimum Gasteiger partial charge on any atom is -0.192 e. The van der Waals surface area contributed by atoms with Gasteiger partial charge in [-0.25, -0.2) is 0 Å². The highest BCUT2D eigenvalue weighted by Gasteiger charge is 2.07. The maximum Gasteiger partial charge on any atom is 0.100 e. The summed E-state index contributed by atoms with van der Waals surface area (Å²) in [5, 5.41) is 12.1. The molecule has 13 heavy (non-hydrogen) atoms. The van der Waals surface area contributed by atoms with Gasteiger partial charge in [0.25, 0.3) is 0 Å².